The molecule has 1 aromatic rings. The highest BCUT2D eigenvalue weighted by Crippen LogP contribution is 2.22. The number of halogens is 2. The average Bonchev–Trinajstić information content (AvgIpc) is 2.72. The van der Waals surface area contributed by atoms with Gasteiger partial charge in [0.25, 0.3) is 5.91 Å². The van der Waals surface area contributed by atoms with Crippen LogP contribution in [-0.4, -0.2) is 54.4 Å². The lowest BCUT2D eigenvalue weighted by molar-refractivity contribution is -0.128. The molecule has 0 unspecified atom stereocenters. The Morgan fingerprint density at radius 3 is 2.41 bits per heavy atom. The van der Waals surface area contributed by atoms with Gasteiger partial charge in [-0.1, -0.05) is 12.1 Å². The third kappa shape index (κ3) is 3.93. The Bertz CT molecular complexity index is 551. The molecule has 2 rings (SSSR count). The maximum absolute atomic E-state index is 12.5. The molecular weight excluding hydrogens is 294 g/mol. The van der Waals surface area contributed by atoms with Crippen molar-refractivity contribution in [1.29, 1.82) is 0 Å². The van der Waals surface area contributed by atoms with Crippen molar-refractivity contribution in [3.05, 3.63) is 29.8 Å². The number of nitrogens with zero attached hydrogens (tertiary/aromatic N) is 2. The van der Waals surface area contributed by atoms with Gasteiger partial charge in [-0.25, -0.2) is 0 Å². The van der Waals surface area contributed by atoms with E-state index in [2.05, 4.69) is 4.74 Å². The summed E-state index contributed by atoms with van der Waals surface area (Å²) in [7, 11) is 0. The van der Waals surface area contributed by atoms with Crippen LogP contribution in [0, 0.1) is 0 Å². The van der Waals surface area contributed by atoms with Gasteiger partial charge in [0.2, 0.25) is 5.91 Å². The summed E-state index contributed by atoms with van der Waals surface area (Å²) in [6.45, 7) is 0.398. The minimum atomic E-state index is -2.98. The van der Waals surface area contributed by atoms with Gasteiger partial charge in [-0.3, -0.25) is 9.59 Å². The van der Waals surface area contributed by atoms with Crippen LogP contribution in [-0.2, 0) is 4.79 Å². The molecular formula is C15H18F2N2O3. The molecule has 7 heteroatoms. The summed E-state index contributed by atoms with van der Waals surface area (Å²) < 4.78 is 29.2. The Balaban J connectivity index is 2.13. The van der Waals surface area contributed by atoms with Crippen molar-refractivity contribution in [1.82, 2.24) is 9.80 Å². The highest BCUT2D eigenvalue weighted by atomic mass is 19.3. The molecule has 1 saturated heterocycles. The zero-order valence-corrected chi connectivity index (χ0v) is 12.3. The van der Waals surface area contributed by atoms with Crippen LogP contribution in [0.4, 0.5) is 8.78 Å². The van der Waals surface area contributed by atoms with E-state index in [9.17, 15) is 18.4 Å². The van der Waals surface area contributed by atoms with Gasteiger partial charge in [0.05, 0.1) is 5.56 Å². The number of hydrogen-bond acceptors (Lipinski definition) is 3. The van der Waals surface area contributed by atoms with E-state index in [1.54, 1.807) is 15.9 Å². The molecule has 1 aliphatic rings. The van der Waals surface area contributed by atoms with Crippen LogP contribution in [0.3, 0.4) is 0 Å². The Morgan fingerprint density at radius 1 is 1.09 bits per heavy atom. The fourth-order valence-electron chi connectivity index (χ4n) is 2.45. The quantitative estimate of drug-likeness (QED) is 0.857. The molecule has 0 saturated carbocycles. The fourth-order valence-corrected chi connectivity index (χ4v) is 2.45. The van der Waals surface area contributed by atoms with E-state index in [-0.39, 0.29) is 23.1 Å². The van der Waals surface area contributed by atoms with Crippen molar-refractivity contribution in [2.24, 2.45) is 0 Å². The first-order chi connectivity index (χ1) is 10.5. The lowest BCUT2D eigenvalue weighted by atomic mass is 10.1. The van der Waals surface area contributed by atoms with E-state index in [0.29, 0.717) is 32.6 Å². The summed E-state index contributed by atoms with van der Waals surface area (Å²) in [5, 5.41) is 0. The van der Waals surface area contributed by atoms with Gasteiger partial charge < -0.3 is 14.5 Å². The average molecular weight is 312 g/mol. The molecule has 0 N–H and O–H groups in total. The summed E-state index contributed by atoms with van der Waals surface area (Å²) in [4.78, 5) is 27.2. The molecule has 2 amide bonds. The van der Waals surface area contributed by atoms with E-state index in [4.69, 9.17) is 0 Å². The number of carbonyl (C=O) groups is 2. The molecule has 0 radical (unpaired) electrons. The fraction of sp³-hybridized carbons (Fsp3) is 0.467. The lowest BCUT2D eigenvalue weighted by Crippen LogP contribution is -2.36. The number of amides is 2. The third-order valence-electron chi connectivity index (χ3n) is 3.56. The number of ether oxygens (including phenoxy) is 1. The van der Waals surface area contributed by atoms with Gasteiger partial charge in [0.15, 0.2) is 0 Å². The first-order valence-corrected chi connectivity index (χ1v) is 7.07. The number of carbonyl (C=O) groups excluding carboxylic acids is 2. The van der Waals surface area contributed by atoms with E-state index >= 15 is 0 Å². The maximum Gasteiger partial charge on any atom is 0.387 e. The van der Waals surface area contributed by atoms with E-state index in [0.717, 1.165) is 0 Å². The summed E-state index contributed by atoms with van der Waals surface area (Å²) in [6.07, 6.45) is 0.656. The normalized spacial score (nSPS) is 15.6. The number of alkyl halides is 2. The van der Waals surface area contributed by atoms with Gasteiger partial charge in [0, 0.05) is 33.1 Å². The lowest BCUT2D eigenvalue weighted by Gasteiger charge is -2.22. The Kier molecular flexibility index (Phi) is 5.30. The van der Waals surface area contributed by atoms with Crippen molar-refractivity contribution < 1.29 is 23.1 Å². The van der Waals surface area contributed by atoms with Crippen molar-refractivity contribution in [3.8, 4) is 5.75 Å². The number of para-hydroxylation sites is 1. The number of hydrogen-bond donors (Lipinski definition) is 0. The first-order valence-electron chi connectivity index (χ1n) is 7.07. The van der Waals surface area contributed by atoms with Gasteiger partial charge in [0.1, 0.15) is 5.75 Å². The maximum atomic E-state index is 12.5. The summed E-state index contributed by atoms with van der Waals surface area (Å²) in [5.41, 5.74) is 0.110. The van der Waals surface area contributed by atoms with Crippen LogP contribution < -0.4 is 4.74 Å². The molecule has 0 aromatic heterocycles. The van der Waals surface area contributed by atoms with E-state index < -0.39 is 6.61 Å². The highest BCUT2D eigenvalue weighted by molar-refractivity contribution is 5.97. The third-order valence-corrected chi connectivity index (χ3v) is 3.56. The zero-order chi connectivity index (χ0) is 16.1. The predicted molar refractivity (Wildman–Crippen MR) is 75.8 cm³/mol. The van der Waals surface area contributed by atoms with Crippen molar-refractivity contribution >= 4 is 11.8 Å². The Morgan fingerprint density at radius 2 is 1.73 bits per heavy atom. The largest absolute Gasteiger partial charge is 0.434 e. The molecule has 1 aromatic carbocycles. The molecule has 0 bridgehead atoms. The second-order valence-electron chi connectivity index (χ2n) is 5.03. The SMILES string of the molecule is CC(=O)N1CCCN(C(=O)c2ccccc2OC(F)F)CC1. The van der Waals surface area contributed by atoms with Crippen LogP contribution in [0.5, 0.6) is 5.75 Å². The van der Waals surface area contributed by atoms with Gasteiger partial charge in [-0.05, 0) is 18.6 Å². The zero-order valence-electron chi connectivity index (χ0n) is 12.3. The second-order valence-corrected chi connectivity index (χ2v) is 5.03. The van der Waals surface area contributed by atoms with Crippen LogP contribution in [0.2, 0.25) is 0 Å². The number of benzene rings is 1. The molecule has 22 heavy (non-hydrogen) atoms. The van der Waals surface area contributed by atoms with Crippen molar-refractivity contribution in [2.75, 3.05) is 26.2 Å². The highest BCUT2D eigenvalue weighted by Gasteiger charge is 2.24. The summed E-state index contributed by atoms with van der Waals surface area (Å²) in [6, 6.07) is 5.95. The molecule has 0 atom stereocenters. The van der Waals surface area contributed by atoms with Crippen LogP contribution in [0.15, 0.2) is 24.3 Å². The van der Waals surface area contributed by atoms with E-state index in [1.807, 2.05) is 0 Å². The van der Waals surface area contributed by atoms with Crippen LogP contribution in [0.1, 0.15) is 23.7 Å². The summed E-state index contributed by atoms with van der Waals surface area (Å²) >= 11 is 0. The molecule has 5 nitrogen and oxygen atoms in total. The molecule has 1 aliphatic heterocycles. The first kappa shape index (κ1) is 16.2. The second kappa shape index (κ2) is 7.20. The Hall–Kier alpha value is -2.18. The number of rotatable bonds is 3. The van der Waals surface area contributed by atoms with Gasteiger partial charge in [-0.2, -0.15) is 8.78 Å². The van der Waals surface area contributed by atoms with Crippen LogP contribution >= 0.6 is 0 Å². The Labute approximate surface area is 127 Å². The summed E-state index contributed by atoms with van der Waals surface area (Å²) in [5.74, 6) is -0.521. The molecule has 0 spiro atoms. The van der Waals surface area contributed by atoms with Crippen molar-refractivity contribution in [2.45, 2.75) is 20.0 Å². The van der Waals surface area contributed by atoms with E-state index in [1.165, 1.54) is 25.1 Å². The monoisotopic (exact) mass is 312 g/mol. The standard InChI is InChI=1S/C15H18F2N2O3/c1-11(20)18-7-4-8-19(10-9-18)14(21)12-5-2-3-6-13(12)22-15(16)17/h2-3,5-6,15H,4,7-10H2,1H3. The van der Waals surface area contributed by atoms with Gasteiger partial charge >= 0.3 is 6.61 Å². The smallest absolute Gasteiger partial charge is 0.387 e. The molecule has 0 aliphatic carbocycles. The predicted octanol–water partition coefficient (Wildman–Crippen LogP) is 1.98. The molecule has 1 fully saturated rings. The van der Waals surface area contributed by atoms with Crippen molar-refractivity contribution in [3.63, 3.8) is 0 Å². The molecule has 120 valence electrons. The van der Waals surface area contributed by atoms with Crippen LogP contribution in [0.25, 0.3) is 0 Å². The molecule has 1 heterocycles. The van der Waals surface area contributed by atoms with Gasteiger partial charge in [-0.15, -0.1) is 0 Å². The topological polar surface area (TPSA) is 49.9 Å². The minimum absolute atomic E-state index is 0.0317. The minimum Gasteiger partial charge on any atom is -0.434 e.